The van der Waals surface area contributed by atoms with Gasteiger partial charge in [-0.3, -0.25) is 9.10 Å². The van der Waals surface area contributed by atoms with E-state index in [1.165, 1.54) is 5.56 Å². The van der Waals surface area contributed by atoms with Crippen molar-refractivity contribution in [3.05, 3.63) is 60.2 Å². The van der Waals surface area contributed by atoms with Crippen molar-refractivity contribution < 1.29 is 17.9 Å². The first kappa shape index (κ1) is 21.8. The Kier molecular flexibility index (Phi) is 7.87. The standard InChI is InChI=1S/C21H28N2O4S/c1-4-27-20-12-8-11-19(15-20)23(28(3,25)26)16-21(24)22-17(2)13-14-18-9-6-5-7-10-18/h5-12,15,17H,4,13-14,16H2,1-3H3,(H,22,24)/t17-/m0/s1. The molecule has 0 saturated carbocycles. The fourth-order valence-corrected chi connectivity index (χ4v) is 3.69. The molecule has 28 heavy (non-hydrogen) atoms. The molecule has 0 heterocycles. The van der Waals surface area contributed by atoms with Gasteiger partial charge in [0.05, 0.1) is 18.6 Å². The van der Waals surface area contributed by atoms with Crippen LogP contribution in [-0.4, -0.2) is 39.8 Å². The molecule has 0 unspecified atom stereocenters. The monoisotopic (exact) mass is 404 g/mol. The zero-order chi connectivity index (χ0) is 20.6. The number of rotatable bonds is 10. The Labute approximate surface area is 167 Å². The van der Waals surface area contributed by atoms with Gasteiger partial charge in [-0.2, -0.15) is 0 Å². The minimum Gasteiger partial charge on any atom is -0.494 e. The number of ether oxygens (including phenoxy) is 1. The number of hydrogen-bond acceptors (Lipinski definition) is 4. The van der Waals surface area contributed by atoms with Crippen molar-refractivity contribution in [1.29, 1.82) is 0 Å². The SMILES string of the molecule is CCOc1cccc(N(CC(=O)N[C@@H](C)CCc2ccccc2)S(C)(=O)=O)c1. The predicted molar refractivity (Wildman–Crippen MR) is 112 cm³/mol. The van der Waals surface area contributed by atoms with E-state index in [-0.39, 0.29) is 18.5 Å². The predicted octanol–water partition coefficient (Wildman–Crippen LogP) is 2.99. The molecule has 0 aliphatic rings. The van der Waals surface area contributed by atoms with Crippen LogP contribution in [-0.2, 0) is 21.2 Å². The summed E-state index contributed by atoms with van der Waals surface area (Å²) in [5.41, 5.74) is 1.61. The lowest BCUT2D eigenvalue weighted by Crippen LogP contribution is -2.43. The summed E-state index contributed by atoms with van der Waals surface area (Å²) in [6.07, 6.45) is 2.70. The molecular formula is C21H28N2O4S. The summed E-state index contributed by atoms with van der Waals surface area (Å²) in [6, 6.07) is 16.7. The van der Waals surface area contributed by atoms with Gasteiger partial charge in [0.1, 0.15) is 12.3 Å². The smallest absolute Gasteiger partial charge is 0.240 e. The fraction of sp³-hybridized carbons (Fsp3) is 0.381. The molecule has 152 valence electrons. The van der Waals surface area contributed by atoms with Crippen molar-refractivity contribution in [2.75, 3.05) is 23.7 Å². The van der Waals surface area contributed by atoms with Crippen molar-refractivity contribution in [3.8, 4) is 5.75 Å². The van der Waals surface area contributed by atoms with Crippen LogP contribution < -0.4 is 14.4 Å². The van der Waals surface area contributed by atoms with Gasteiger partial charge in [-0.15, -0.1) is 0 Å². The Morgan fingerprint density at radius 3 is 2.50 bits per heavy atom. The van der Waals surface area contributed by atoms with E-state index in [0.29, 0.717) is 18.0 Å². The van der Waals surface area contributed by atoms with Gasteiger partial charge < -0.3 is 10.1 Å². The molecule has 0 radical (unpaired) electrons. The molecule has 2 aromatic rings. The molecule has 6 nitrogen and oxygen atoms in total. The first-order chi connectivity index (χ1) is 13.3. The third-order valence-corrected chi connectivity index (χ3v) is 5.36. The van der Waals surface area contributed by atoms with Gasteiger partial charge in [-0.25, -0.2) is 8.42 Å². The van der Waals surface area contributed by atoms with Gasteiger partial charge in [0.2, 0.25) is 15.9 Å². The molecular weight excluding hydrogens is 376 g/mol. The van der Waals surface area contributed by atoms with Gasteiger partial charge in [0.15, 0.2) is 0 Å². The van der Waals surface area contributed by atoms with E-state index in [1.807, 2.05) is 44.2 Å². The molecule has 0 aliphatic heterocycles. The van der Waals surface area contributed by atoms with Gasteiger partial charge in [0.25, 0.3) is 0 Å². The minimum atomic E-state index is -3.62. The normalized spacial score (nSPS) is 12.2. The lowest BCUT2D eigenvalue weighted by molar-refractivity contribution is -0.120. The first-order valence-electron chi connectivity index (χ1n) is 9.33. The summed E-state index contributed by atoms with van der Waals surface area (Å²) >= 11 is 0. The van der Waals surface area contributed by atoms with Crippen LogP contribution >= 0.6 is 0 Å². The Morgan fingerprint density at radius 1 is 1.14 bits per heavy atom. The number of sulfonamides is 1. The lowest BCUT2D eigenvalue weighted by atomic mass is 10.1. The topological polar surface area (TPSA) is 75.7 Å². The number of carbonyl (C=O) groups is 1. The van der Waals surface area contributed by atoms with E-state index in [0.717, 1.165) is 23.4 Å². The van der Waals surface area contributed by atoms with Crippen LogP contribution in [0.1, 0.15) is 25.8 Å². The second-order valence-electron chi connectivity index (χ2n) is 6.69. The molecule has 0 aliphatic carbocycles. The van der Waals surface area contributed by atoms with Crippen LogP contribution in [0.15, 0.2) is 54.6 Å². The van der Waals surface area contributed by atoms with Crippen LogP contribution in [0.25, 0.3) is 0 Å². The quantitative estimate of drug-likeness (QED) is 0.661. The zero-order valence-electron chi connectivity index (χ0n) is 16.6. The number of aryl methyl sites for hydroxylation is 1. The molecule has 0 aromatic heterocycles. The van der Waals surface area contributed by atoms with Crippen molar-refractivity contribution in [2.45, 2.75) is 32.7 Å². The number of carbonyl (C=O) groups excluding carboxylic acids is 1. The Bertz CT molecular complexity index is 869. The Hall–Kier alpha value is -2.54. The number of nitrogens with one attached hydrogen (secondary N) is 1. The highest BCUT2D eigenvalue weighted by Gasteiger charge is 2.22. The molecule has 0 saturated heterocycles. The van der Waals surface area contributed by atoms with E-state index in [4.69, 9.17) is 4.74 Å². The molecule has 2 rings (SSSR count). The van der Waals surface area contributed by atoms with Crippen molar-refractivity contribution >= 4 is 21.6 Å². The number of nitrogens with zero attached hydrogens (tertiary/aromatic N) is 1. The molecule has 1 N–H and O–H groups in total. The van der Waals surface area contributed by atoms with Gasteiger partial charge in [-0.1, -0.05) is 36.4 Å². The molecule has 0 spiro atoms. The molecule has 0 bridgehead atoms. The van der Waals surface area contributed by atoms with Crippen LogP contribution in [0.4, 0.5) is 5.69 Å². The first-order valence-corrected chi connectivity index (χ1v) is 11.2. The summed E-state index contributed by atoms with van der Waals surface area (Å²) in [5, 5.41) is 2.89. The van der Waals surface area contributed by atoms with Crippen LogP contribution in [0, 0.1) is 0 Å². The highest BCUT2D eigenvalue weighted by Crippen LogP contribution is 2.23. The van der Waals surface area contributed by atoms with E-state index in [9.17, 15) is 13.2 Å². The van der Waals surface area contributed by atoms with E-state index >= 15 is 0 Å². The maximum atomic E-state index is 12.5. The average molecular weight is 405 g/mol. The van der Waals surface area contributed by atoms with Crippen molar-refractivity contribution in [3.63, 3.8) is 0 Å². The third kappa shape index (κ3) is 6.88. The summed E-state index contributed by atoms with van der Waals surface area (Å²) in [7, 11) is -3.62. The van der Waals surface area contributed by atoms with Gasteiger partial charge in [-0.05, 0) is 44.4 Å². The number of amides is 1. The highest BCUT2D eigenvalue weighted by molar-refractivity contribution is 7.92. The Morgan fingerprint density at radius 2 is 1.86 bits per heavy atom. The van der Waals surface area contributed by atoms with Gasteiger partial charge in [0, 0.05) is 12.1 Å². The zero-order valence-corrected chi connectivity index (χ0v) is 17.4. The second kappa shape index (κ2) is 10.1. The number of anilines is 1. The maximum absolute atomic E-state index is 12.5. The summed E-state index contributed by atoms with van der Waals surface area (Å²) in [5.74, 6) is 0.220. The largest absolute Gasteiger partial charge is 0.494 e. The minimum absolute atomic E-state index is 0.0659. The van der Waals surface area contributed by atoms with Gasteiger partial charge >= 0.3 is 0 Å². The maximum Gasteiger partial charge on any atom is 0.240 e. The van der Waals surface area contributed by atoms with Crippen LogP contribution in [0.3, 0.4) is 0 Å². The Balaban J connectivity index is 2.00. The highest BCUT2D eigenvalue weighted by atomic mass is 32.2. The van der Waals surface area contributed by atoms with Crippen molar-refractivity contribution in [1.82, 2.24) is 5.32 Å². The molecule has 2 aromatic carbocycles. The molecule has 7 heteroatoms. The molecule has 0 fully saturated rings. The van der Waals surface area contributed by atoms with E-state index in [1.54, 1.807) is 24.3 Å². The number of benzene rings is 2. The van der Waals surface area contributed by atoms with Crippen molar-refractivity contribution in [2.24, 2.45) is 0 Å². The van der Waals surface area contributed by atoms with Crippen LogP contribution in [0.5, 0.6) is 5.75 Å². The lowest BCUT2D eigenvalue weighted by Gasteiger charge is -2.23. The molecule has 1 amide bonds. The summed E-state index contributed by atoms with van der Waals surface area (Å²) < 4.78 is 31.0. The summed E-state index contributed by atoms with van der Waals surface area (Å²) in [4.78, 5) is 12.5. The fourth-order valence-electron chi connectivity index (χ4n) is 2.85. The molecule has 1 atom stereocenters. The van der Waals surface area contributed by atoms with E-state index < -0.39 is 10.0 Å². The van der Waals surface area contributed by atoms with Crippen LogP contribution in [0.2, 0.25) is 0 Å². The summed E-state index contributed by atoms with van der Waals surface area (Å²) in [6.45, 7) is 3.97. The third-order valence-electron chi connectivity index (χ3n) is 4.22. The average Bonchev–Trinajstić information content (AvgIpc) is 2.65. The van der Waals surface area contributed by atoms with E-state index in [2.05, 4.69) is 5.32 Å². The number of hydrogen-bond donors (Lipinski definition) is 1. The second-order valence-corrected chi connectivity index (χ2v) is 8.60.